The first kappa shape index (κ1) is 10.1. The van der Waals surface area contributed by atoms with Crippen LogP contribution in [-0.4, -0.2) is 36.1 Å². The Morgan fingerprint density at radius 1 is 1.27 bits per heavy atom. The van der Waals surface area contributed by atoms with Crippen molar-refractivity contribution in [2.75, 3.05) is 13.1 Å². The first-order chi connectivity index (χ1) is 7.36. The molecule has 1 aliphatic heterocycles. The van der Waals surface area contributed by atoms with Crippen LogP contribution in [0.25, 0.3) is 0 Å². The fraction of sp³-hybridized carbons (Fsp3) is 1.00. The van der Waals surface area contributed by atoms with E-state index in [0.29, 0.717) is 0 Å². The molecule has 1 saturated heterocycles. The molecule has 0 aromatic carbocycles. The van der Waals surface area contributed by atoms with Crippen molar-refractivity contribution in [2.45, 2.75) is 63.6 Å². The van der Waals surface area contributed by atoms with Crippen LogP contribution < -0.4 is 5.32 Å². The van der Waals surface area contributed by atoms with Crippen molar-refractivity contribution in [2.24, 2.45) is 5.92 Å². The molecule has 3 atom stereocenters. The van der Waals surface area contributed by atoms with E-state index in [2.05, 4.69) is 17.1 Å². The van der Waals surface area contributed by atoms with Crippen molar-refractivity contribution >= 4 is 0 Å². The molecular formula is C13H24N2. The van der Waals surface area contributed by atoms with Crippen LogP contribution in [0.5, 0.6) is 0 Å². The lowest BCUT2D eigenvalue weighted by molar-refractivity contribution is 0.316. The summed E-state index contributed by atoms with van der Waals surface area (Å²) in [5, 5.41) is 3.86. The van der Waals surface area contributed by atoms with E-state index < -0.39 is 0 Å². The van der Waals surface area contributed by atoms with Crippen LogP contribution in [0.3, 0.4) is 0 Å². The van der Waals surface area contributed by atoms with E-state index >= 15 is 0 Å². The summed E-state index contributed by atoms with van der Waals surface area (Å²) in [6.45, 7) is 4.99. The van der Waals surface area contributed by atoms with Gasteiger partial charge in [0.05, 0.1) is 0 Å². The number of nitrogens with zero attached hydrogens (tertiary/aromatic N) is 1. The van der Waals surface area contributed by atoms with Gasteiger partial charge in [0, 0.05) is 31.2 Å². The van der Waals surface area contributed by atoms with Crippen molar-refractivity contribution in [3.05, 3.63) is 0 Å². The molecule has 3 aliphatic rings. The number of nitrogens with one attached hydrogen (secondary N) is 1. The summed E-state index contributed by atoms with van der Waals surface area (Å²) in [4.78, 5) is 2.70. The number of hydrogen-bond acceptors (Lipinski definition) is 2. The van der Waals surface area contributed by atoms with E-state index in [4.69, 9.17) is 0 Å². The van der Waals surface area contributed by atoms with Crippen LogP contribution in [0.2, 0.25) is 0 Å². The van der Waals surface area contributed by atoms with E-state index in [1.54, 1.807) is 0 Å². The van der Waals surface area contributed by atoms with Gasteiger partial charge in [-0.15, -0.1) is 0 Å². The highest BCUT2D eigenvalue weighted by atomic mass is 15.2. The maximum Gasteiger partial charge on any atom is 0.0210 e. The van der Waals surface area contributed by atoms with Crippen molar-refractivity contribution < 1.29 is 0 Å². The maximum absolute atomic E-state index is 3.86. The van der Waals surface area contributed by atoms with Gasteiger partial charge < -0.3 is 5.32 Å². The third-order valence-electron chi connectivity index (χ3n) is 4.31. The molecule has 0 aromatic heterocycles. The molecule has 2 nitrogen and oxygen atoms in total. The zero-order valence-corrected chi connectivity index (χ0v) is 9.91. The Kier molecular flexibility index (Phi) is 2.73. The molecule has 0 bridgehead atoms. The summed E-state index contributed by atoms with van der Waals surface area (Å²) in [7, 11) is 0. The fourth-order valence-corrected chi connectivity index (χ4v) is 3.14. The van der Waals surface area contributed by atoms with Crippen LogP contribution in [0.4, 0.5) is 0 Å². The molecule has 86 valence electrons. The Balaban J connectivity index is 1.38. The second-order valence-electron chi connectivity index (χ2n) is 5.77. The minimum atomic E-state index is 0.817. The van der Waals surface area contributed by atoms with Gasteiger partial charge in [-0.3, -0.25) is 4.90 Å². The highest BCUT2D eigenvalue weighted by molar-refractivity contribution is 4.98. The third-order valence-corrected chi connectivity index (χ3v) is 4.31. The maximum atomic E-state index is 3.86. The lowest BCUT2D eigenvalue weighted by Gasteiger charge is -2.15. The highest BCUT2D eigenvalue weighted by Crippen LogP contribution is 2.36. The molecule has 2 saturated carbocycles. The van der Waals surface area contributed by atoms with Gasteiger partial charge in [-0.2, -0.15) is 0 Å². The summed E-state index contributed by atoms with van der Waals surface area (Å²) >= 11 is 0. The molecule has 3 fully saturated rings. The molecule has 0 spiro atoms. The fourth-order valence-electron chi connectivity index (χ4n) is 3.14. The SMILES string of the molecule is CCCC1CC1NC1CCN(C2CC2)C1. The zero-order chi connectivity index (χ0) is 10.3. The molecule has 1 N–H and O–H groups in total. The average molecular weight is 208 g/mol. The molecule has 1 heterocycles. The Hall–Kier alpha value is -0.0800. The lowest BCUT2D eigenvalue weighted by Crippen LogP contribution is -2.35. The number of likely N-dealkylation sites (tertiary alicyclic amines) is 1. The van der Waals surface area contributed by atoms with E-state index in [1.807, 2.05) is 0 Å². The molecule has 2 heteroatoms. The monoisotopic (exact) mass is 208 g/mol. The molecule has 3 unspecified atom stereocenters. The largest absolute Gasteiger partial charge is 0.310 e. The van der Waals surface area contributed by atoms with Crippen LogP contribution in [0.1, 0.15) is 45.4 Å². The van der Waals surface area contributed by atoms with E-state index in [0.717, 1.165) is 24.0 Å². The summed E-state index contributed by atoms with van der Waals surface area (Å²) in [6.07, 6.45) is 8.58. The summed E-state index contributed by atoms with van der Waals surface area (Å²) < 4.78 is 0. The molecular weight excluding hydrogens is 184 g/mol. The van der Waals surface area contributed by atoms with Gasteiger partial charge in [-0.05, 0) is 38.0 Å². The Bertz CT molecular complexity index is 225. The number of rotatable bonds is 5. The molecule has 3 rings (SSSR count). The van der Waals surface area contributed by atoms with Gasteiger partial charge in [0.1, 0.15) is 0 Å². The van der Waals surface area contributed by atoms with Crippen molar-refractivity contribution in [1.82, 2.24) is 10.2 Å². The third kappa shape index (κ3) is 2.36. The van der Waals surface area contributed by atoms with Gasteiger partial charge in [-0.25, -0.2) is 0 Å². The van der Waals surface area contributed by atoms with Crippen molar-refractivity contribution in [3.63, 3.8) is 0 Å². The minimum absolute atomic E-state index is 0.817. The zero-order valence-electron chi connectivity index (χ0n) is 9.91. The second kappa shape index (κ2) is 4.06. The van der Waals surface area contributed by atoms with Gasteiger partial charge in [0.15, 0.2) is 0 Å². The molecule has 0 aromatic rings. The van der Waals surface area contributed by atoms with Crippen LogP contribution >= 0.6 is 0 Å². The van der Waals surface area contributed by atoms with Crippen LogP contribution in [0, 0.1) is 5.92 Å². The highest BCUT2D eigenvalue weighted by Gasteiger charge is 2.40. The van der Waals surface area contributed by atoms with E-state index in [1.165, 1.54) is 51.6 Å². The standard InChI is InChI=1S/C13H24N2/c1-2-3-10-8-13(10)14-11-6-7-15(9-11)12-4-5-12/h10-14H,2-9H2,1H3. The Morgan fingerprint density at radius 3 is 2.87 bits per heavy atom. The normalized spacial score (nSPS) is 41.0. The smallest absolute Gasteiger partial charge is 0.0210 e. The first-order valence-electron chi connectivity index (χ1n) is 6.87. The van der Waals surface area contributed by atoms with Crippen LogP contribution in [0.15, 0.2) is 0 Å². The molecule has 15 heavy (non-hydrogen) atoms. The Morgan fingerprint density at radius 2 is 2.13 bits per heavy atom. The molecule has 0 amide bonds. The van der Waals surface area contributed by atoms with Crippen molar-refractivity contribution in [1.29, 1.82) is 0 Å². The first-order valence-corrected chi connectivity index (χ1v) is 6.87. The summed E-state index contributed by atoms with van der Waals surface area (Å²) in [5.41, 5.74) is 0. The topological polar surface area (TPSA) is 15.3 Å². The second-order valence-corrected chi connectivity index (χ2v) is 5.77. The van der Waals surface area contributed by atoms with Gasteiger partial charge in [0.25, 0.3) is 0 Å². The van der Waals surface area contributed by atoms with E-state index in [9.17, 15) is 0 Å². The summed E-state index contributed by atoms with van der Waals surface area (Å²) in [5.74, 6) is 1.02. The van der Waals surface area contributed by atoms with Gasteiger partial charge >= 0.3 is 0 Å². The van der Waals surface area contributed by atoms with Gasteiger partial charge in [-0.1, -0.05) is 13.3 Å². The quantitative estimate of drug-likeness (QED) is 0.743. The predicted molar refractivity (Wildman–Crippen MR) is 62.9 cm³/mol. The predicted octanol–water partition coefficient (Wildman–Crippen LogP) is 2.00. The van der Waals surface area contributed by atoms with E-state index in [-0.39, 0.29) is 0 Å². The average Bonchev–Trinajstić information content (AvgIpc) is 3.12. The number of hydrogen-bond donors (Lipinski definition) is 1. The van der Waals surface area contributed by atoms with Crippen LogP contribution in [-0.2, 0) is 0 Å². The van der Waals surface area contributed by atoms with Crippen molar-refractivity contribution in [3.8, 4) is 0 Å². The molecule has 2 aliphatic carbocycles. The summed E-state index contributed by atoms with van der Waals surface area (Å²) in [6, 6.07) is 2.68. The van der Waals surface area contributed by atoms with Gasteiger partial charge in [0.2, 0.25) is 0 Å². The lowest BCUT2D eigenvalue weighted by atomic mass is 10.2. The molecule has 0 radical (unpaired) electrons. The Labute approximate surface area is 93.4 Å². The minimum Gasteiger partial charge on any atom is -0.310 e.